The molecule has 0 aliphatic heterocycles. The standard InChI is InChI=1S/C18H16N4O2S/c19-8-10-4-6-11(7-5-10)9-20-17(24)15-21-16(23)14-12-2-1-3-13(12)25-18(14)22-15/h4-8,19H,1-3,9H2,(H,20,24)(H,21,22,23). The van der Waals surface area contributed by atoms with Crippen molar-refractivity contribution in [3.8, 4) is 0 Å². The molecule has 0 atom stereocenters. The first-order valence-corrected chi connectivity index (χ1v) is 8.89. The summed E-state index contributed by atoms with van der Waals surface area (Å²) in [5.41, 5.74) is 2.59. The van der Waals surface area contributed by atoms with Crippen molar-refractivity contribution < 1.29 is 4.79 Å². The van der Waals surface area contributed by atoms with Crippen LogP contribution in [0.5, 0.6) is 0 Å². The summed E-state index contributed by atoms with van der Waals surface area (Å²) in [7, 11) is 0. The molecule has 6 nitrogen and oxygen atoms in total. The first kappa shape index (κ1) is 15.7. The van der Waals surface area contributed by atoms with E-state index < -0.39 is 5.91 Å². The number of aryl methyl sites for hydroxylation is 2. The van der Waals surface area contributed by atoms with Gasteiger partial charge in [0.1, 0.15) is 4.83 Å². The van der Waals surface area contributed by atoms with E-state index in [1.54, 1.807) is 0 Å². The highest BCUT2D eigenvalue weighted by atomic mass is 32.1. The predicted molar refractivity (Wildman–Crippen MR) is 97.8 cm³/mol. The summed E-state index contributed by atoms with van der Waals surface area (Å²) in [5, 5.41) is 10.6. The molecule has 2 heterocycles. The maximum absolute atomic E-state index is 12.4. The lowest BCUT2D eigenvalue weighted by molar-refractivity contribution is 0.0940. The Hall–Kier alpha value is -2.80. The largest absolute Gasteiger partial charge is 0.345 e. The van der Waals surface area contributed by atoms with Gasteiger partial charge in [0.05, 0.1) is 5.39 Å². The van der Waals surface area contributed by atoms with Crippen LogP contribution < -0.4 is 10.9 Å². The van der Waals surface area contributed by atoms with Crippen LogP contribution in [0.3, 0.4) is 0 Å². The lowest BCUT2D eigenvalue weighted by atomic mass is 10.1. The minimum absolute atomic E-state index is 0.0496. The maximum atomic E-state index is 12.4. The lowest BCUT2D eigenvalue weighted by Crippen LogP contribution is -2.27. The number of thiophene rings is 1. The Kier molecular flexibility index (Phi) is 3.93. The van der Waals surface area contributed by atoms with E-state index in [0.29, 0.717) is 16.8 Å². The molecule has 3 N–H and O–H groups in total. The van der Waals surface area contributed by atoms with Crippen LogP contribution in [0, 0.1) is 5.41 Å². The summed E-state index contributed by atoms with van der Waals surface area (Å²) < 4.78 is 0. The van der Waals surface area contributed by atoms with E-state index in [1.807, 2.05) is 24.3 Å². The highest BCUT2D eigenvalue weighted by molar-refractivity contribution is 7.18. The van der Waals surface area contributed by atoms with Gasteiger partial charge in [0, 0.05) is 17.6 Å². The molecule has 126 valence electrons. The molecule has 1 aliphatic carbocycles. The van der Waals surface area contributed by atoms with Crippen molar-refractivity contribution in [2.24, 2.45) is 0 Å². The second-order valence-corrected chi connectivity index (χ2v) is 7.10. The van der Waals surface area contributed by atoms with Crippen molar-refractivity contribution in [3.05, 3.63) is 62.0 Å². The number of aromatic nitrogens is 2. The van der Waals surface area contributed by atoms with Crippen molar-refractivity contribution in [2.75, 3.05) is 0 Å². The third kappa shape index (κ3) is 2.87. The molecule has 1 aliphatic rings. The fraction of sp³-hybridized carbons (Fsp3) is 0.222. The summed E-state index contributed by atoms with van der Waals surface area (Å²) in [4.78, 5) is 33.6. The number of rotatable bonds is 4. The Morgan fingerprint density at radius 3 is 2.88 bits per heavy atom. The van der Waals surface area contributed by atoms with Gasteiger partial charge in [-0.25, -0.2) is 4.98 Å². The number of nitrogens with one attached hydrogen (secondary N) is 3. The van der Waals surface area contributed by atoms with E-state index in [0.717, 1.165) is 36.0 Å². The van der Waals surface area contributed by atoms with Crippen LogP contribution in [0.1, 0.15) is 38.6 Å². The van der Waals surface area contributed by atoms with E-state index in [4.69, 9.17) is 5.41 Å². The first-order valence-electron chi connectivity index (χ1n) is 8.08. The second-order valence-electron chi connectivity index (χ2n) is 6.02. The number of nitrogens with zero attached hydrogens (tertiary/aromatic N) is 1. The zero-order chi connectivity index (χ0) is 17.4. The van der Waals surface area contributed by atoms with E-state index in [9.17, 15) is 9.59 Å². The molecule has 4 rings (SSSR count). The molecule has 0 bridgehead atoms. The Labute approximate surface area is 147 Å². The van der Waals surface area contributed by atoms with Crippen LogP contribution in [0.2, 0.25) is 0 Å². The average molecular weight is 352 g/mol. The van der Waals surface area contributed by atoms with Crippen LogP contribution in [0.4, 0.5) is 0 Å². The molecule has 0 radical (unpaired) electrons. The Bertz CT molecular complexity index is 1030. The minimum atomic E-state index is -0.399. The number of hydrogen-bond acceptors (Lipinski definition) is 5. The van der Waals surface area contributed by atoms with Gasteiger partial charge in [-0.15, -0.1) is 11.3 Å². The zero-order valence-corrected chi connectivity index (χ0v) is 14.2. The third-order valence-electron chi connectivity index (χ3n) is 4.39. The second kappa shape index (κ2) is 6.25. The number of hydrogen-bond donors (Lipinski definition) is 3. The highest BCUT2D eigenvalue weighted by Gasteiger charge is 2.22. The number of H-pyrrole nitrogens is 1. The Balaban J connectivity index is 1.55. The smallest absolute Gasteiger partial charge is 0.287 e. The molecule has 0 saturated carbocycles. The summed E-state index contributed by atoms with van der Waals surface area (Å²) in [6.07, 6.45) is 4.25. The molecule has 0 saturated heterocycles. The fourth-order valence-electron chi connectivity index (χ4n) is 3.11. The van der Waals surface area contributed by atoms with Crippen molar-refractivity contribution in [1.29, 1.82) is 5.41 Å². The van der Waals surface area contributed by atoms with Crippen molar-refractivity contribution in [1.82, 2.24) is 15.3 Å². The molecule has 3 aromatic rings. The predicted octanol–water partition coefficient (Wildman–Crippen LogP) is 2.40. The molecular formula is C18H16N4O2S. The van der Waals surface area contributed by atoms with Gasteiger partial charge in [-0.1, -0.05) is 24.3 Å². The average Bonchev–Trinajstić information content (AvgIpc) is 3.20. The van der Waals surface area contributed by atoms with Gasteiger partial charge in [0.2, 0.25) is 5.82 Å². The van der Waals surface area contributed by atoms with Gasteiger partial charge in [-0.2, -0.15) is 0 Å². The number of fused-ring (bicyclic) bond motifs is 3. The van der Waals surface area contributed by atoms with Gasteiger partial charge in [-0.05, 0) is 36.0 Å². The number of benzene rings is 1. The highest BCUT2D eigenvalue weighted by Crippen LogP contribution is 2.34. The quantitative estimate of drug-likeness (QED) is 0.629. The molecular weight excluding hydrogens is 336 g/mol. The molecule has 0 unspecified atom stereocenters. The van der Waals surface area contributed by atoms with E-state index in [2.05, 4.69) is 15.3 Å². The fourth-order valence-corrected chi connectivity index (χ4v) is 4.37. The lowest BCUT2D eigenvalue weighted by Gasteiger charge is -2.05. The van der Waals surface area contributed by atoms with Crippen LogP contribution in [0.15, 0.2) is 29.1 Å². The monoisotopic (exact) mass is 352 g/mol. The number of aromatic amines is 1. The summed E-state index contributed by atoms with van der Waals surface area (Å²) in [5.74, 6) is -0.350. The summed E-state index contributed by atoms with van der Waals surface area (Å²) in [6, 6.07) is 7.33. The third-order valence-corrected chi connectivity index (χ3v) is 5.58. The molecule has 25 heavy (non-hydrogen) atoms. The number of carbonyl (C=O) groups is 1. The van der Waals surface area contributed by atoms with Gasteiger partial charge in [0.15, 0.2) is 0 Å². The topological polar surface area (TPSA) is 98.7 Å². The van der Waals surface area contributed by atoms with Crippen molar-refractivity contribution in [2.45, 2.75) is 25.8 Å². The Morgan fingerprint density at radius 2 is 2.12 bits per heavy atom. The van der Waals surface area contributed by atoms with Crippen molar-refractivity contribution in [3.63, 3.8) is 0 Å². The first-order chi connectivity index (χ1) is 12.2. The van der Waals surface area contributed by atoms with Gasteiger partial charge in [0.25, 0.3) is 11.5 Å². The number of carbonyl (C=O) groups excluding carboxylic acids is 1. The van der Waals surface area contributed by atoms with E-state index in [-0.39, 0.29) is 11.4 Å². The molecule has 0 spiro atoms. The van der Waals surface area contributed by atoms with Crippen LogP contribution in [0.25, 0.3) is 10.2 Å². The van der Waals surface area contributed by atoms with Crippen LogP contribution >= 0.6 is 11.3 Å². The molecule has 0 fully saturated rings. The van der Waals surface area contributed by atoms with Gasteiger partial charge >= 0.3 is 0 Å². The summed E-state index contributed by atoms with van der Waals surface area (Å²) >= 11 is 1.52. The number of amides is 1. The maximum Gasteiger partial charge on any atom is 0.287 e. The normalized spacial score (nSPS) is 13.0. The Morgan fingerprint density at radius 1 is 1.32 bits per heavy atom. The minimum Gasteiger partial charge on any atom is -0.345 e. The van der Waals surface area contributed by atoms with E-state index >= 15 is 0 Å². The molecule has 7 heteroatoms. The van der Waals surface area contributed by atoms with Crippen LogP contribution in [-0.2, 0) is 19.4 Å². The van der Waals surface area contributed by atoms with Crippen molar-refractivity contribution >= 4 is 33.7 Å². The van der Waals surface area contributed by atoms with Gasteiger partial charge < -0.3 is 15.7 Å². The SMILES string of the molecule is N=Cc1ccc(CNC(=O)c2nc3sc4c(c3c(=O)[nH]2)CCC4)cc1. The molecule has 2 aromatic heterocycles. The van der Waals surface area contributed by atoms with Gasteiger partial charge in [-0.3, -0.25) is 9.59 Å². The molecule has 1 amide bonds. The summed E-state index contributed by atoms with van der Waals surface area (Å²) in [6.45, 7) is 0.333. The zero-order valence-electron chi connectivity index (χ0n) is 13.4. The molecule has 1 aromatic carbocycles. The van der Waals surface area contributed by atoms with E-state index in [1.165, 1.54) is 22.4 Å². The van der Waals surface area contributed by atoms with Crippen LogP contribution in [-0.4, -0.2) is 22.1 Å².